The van der Waals surface area contributed by atoms with E-state index in [9.17, 15) is 4.79 Å². The molecule has 1 atom stereocenters. The number of nitrogens with one attached hydrogen (secondary N) is 1. The van der Waals surface area contributed by atoms with Crippen LogP contribution in [0.5, 0.6) is 5.75 Å². The van der Waals surface area contributed by atoms with Crippen LogP contribution in [0.2, 0.25) is 0 Å². The zero-order valence-corrected chi connectivity index (χ0v) is 11.2. The second-order valence-electron chi connectivity index (χ2n) is 4.16. The zero-order valence-electron chi connectivity index (χ0n) is 11.2. The van der Waals surface area contributed by atoms with E-state index < -0.39 is 6.04 Å². The Morgan fingerprint density at radius 2 is 2.22 bits per heavy atom. The Labute approximate surface area is 108 Å². The lowest BCUT2D eigenvalue weighted by Gasteiger charge is -2.17. The molecule has 0 saturated heterocycles. The van der Waals surface area contributed by atoms with Crippen LogP contribution in [0.15, 0.2) is 24.3 Å². The van der Waals surface area contributed by atoms with E-state index in [2.05, 4.69) is 5.32 Å². The van der Waals surface area contributed by atoms with Crippen molar-refractivity contribution in [2.24, 2.45) is 0 Å². The van der Waals surface area contributed by atoms with Crippen molar-refractivity contribution in [3.63, 3.8) is 0 Å². The summed E-state index contributed by atoms with van der Waals surface area (Å²) in [4.78, 5) is 11.5. The lowest BCUT2D eigenvalue weighted by atomic mass is 10.2. The summed E-state index contributed by atoms with van der Waals surface area (Å²) in [6.07, 6.45) is 0.956. The van der Waals surface area contributed by atoms with Crippen molar-refractivity contribution in [1.29, 1.82) is 0 Å². The van der Waals surface area contributed by atoms with Gasteiger partial charge in [-0.1, -0.05) is 19.1 Å². The zero-order chi connectivity index (χ0) is 13.4. The summed E-state index contributed by atoms with van der Waals surface area (Å²) < 4.78 is 10.3. The molecule has 0 aromatic heterocycles. The highest BCUT2D eigenvalue weighted by Crippen LogP contribution is 2.12. The highest BCUT2D eigenvalue weighted by molar-refractivity contribution is 5.75. The molecule has 1 aromatic carbocycles. The number of hydrogen-bond donors (Lipinski definition) is 1. The van der Waals surface area contributed by atoms with Crippen molar-refractivity contribution in [1.82, 2.24) is 5.32 Å². The molecule has 0 aliphatic carbocycles. The maximum absolute atomic E-state index is 11.5. The lowest BCUT2D eigenvalue weighted by molar-refractivity contribution is -0.143. The fourth-order valence-corrected chi connectivity index (χ4v) is 1.56. The third kappa shape index (κ3) is 4.75. The first-order chi connectivity index (χ1) is 8.67. The molecule has 0 heterocycles. The average molecular weight is 251 g/mol. The predicted octanol–water partition coefficient (Wildman–Crippen LogP) is 1.92. The smallest absolute Gasteiger partial charge is 0.326 e. The Morgan fingerprint density at radius 1 is 1.44 bits per heavy atom. The van der Waals surface area contributed by atoms with Crippen LogP contribution in [0.25, 0.3) is 0 Å². The standard InChI is InChI=1S/C14H21NO3/c1-4-8-15-13(14(16)17-3)10-18-12-7-5-6-11(2)9-12/h5-7,9,13,15H,4,8,10H2,1-3H3. The molecule has 0 aliphatic heterocycles. The number of aryl methyl sites for hydroxylation is 1. The van der Waals surface area contributed by atoms with Gasteiger partial charge in [0.1, 0.15) is 18.4 Å². The van der Waals surface area contributed by atoms with Gasteiger partial charge in [0.2, 0.25) is 0 Å². The van der Waals surface area contributed by atoms with Crippen LogP contribution in [0.1, 0.15) is 18.9 Å². The van der Waals surface area contributed by atoms with Crippen molar-refractivity contribution in [3.8, 4) is 5.75 Å². The fourth-order valence-electron chi connectivity index (χ4n) is 1.56. The van der Waals surface area contributed by atoms with E-state index in [0.29, 0.717) is 0 Å². The molecule has 4 heteroatoms. The molecule has 18 heavy (non-hydrogen) atoms. The van der Waals surface area contributed by atoms with Crippen molar-refractivity contribution in [2.45, 2.75) is 26.3 Å². The number of ether oxygens (including phenoxy) is 2. The number of rotatable bonds is 7. The van der Waals surface area contributed by atoms with E-state index in [1.165, 1.54) is 7.11 Å². The highest BCUT2D eigenvalue weighted by Gasteiger charge is 2.18. The molecule has 0 bridgehead atoms. The summed E-state index contributed by atoms with van der Waals surface area (Å²) in [6.45, 7) is 5.08. The topological polar surface area (TPSA) is 47.6 Å². The molecule has 0 aliphatic rings. The first-order valence-corrected chi connectivity index (χ1v) is 6.18. The largest absolute Gasteiger partial charge is 0.491 e. The molecular formula is C14H21NO3. The van der Waals surface area contributed by atoms with Crippen molar-refractivity contribution in [2.75, 3.05) is 20.3 Å². The first kappa shape index (κ1) is 14.5. The molecule has 100 valence electrons. The molecule has 1 N–H and O–H groups in total. The maximum Gasteiger partial charge on any atom is 0.326 e. The van der Waals surface area contributed by atoms with Gasteiger partial charge in [-0.05, 0) is 37.6 Å². The average Bonchev–Trinajstić information content (AvgIpc) is 2.38. The maximum atomic E-state index is 11.5. The number of methoxy groups -OCH3 is 1. The van der Waals surface area contributed by atoms with Gasteiger partial charge in [-0.3, -0.25) is 4.79 Å². The number of hydrogen-bond acceptors (Lipinski definition) is 4. The fraction of sp³-hybridized carbons (Fsp3) is 0.500. The Balaban J connectivity index is 2.53. The van der Waals surface area contributed by atoms with Gasteiger partial charge in [0.15, 0.2) is 0 Å². The second-order valence-corrected chi connectivity index (χ2v) is 4.16. The molecule has 4 nitrogen and oxygen atoms in total. The van der Waals surface area contributed by atoms with E-state index in [1.54, 1.807) is 0 Å². The molecule has 0 spiro atoms. The summed E-state index contributed by atoms with van der Waals surface area (Å²) >= 11 is 0. The molecule has 0 saturated carbocycles. The van der Waals surface area contributed by atoms with Gasteiger partial charge in [-0.2, -0.15) is 0 Å². The van der Waals surface area contributed by atoms with E-state index in [-0.39, 0.29) is 12.6 Å². The molecular weight excluding hydrogens is 230 g/mol. The number of benzene rings is 1. The van der Waals surface area contributed by atoms with Gasteiger partial charge < -0.3 is 14.8 Å². The summed E-state index contributed by atoms with van der Waals surface area (Å²) in [5.41, 5.74) is 1.13. The third-order valence-electron chi connectivity index (χ3n) is 2.53. The number of carbonyl (C=O) groups is 1. The first-order valence-electron chi connectivity index (χ1n) is 6.18. The van der Waals surface area contributed by atoms with Crippen molar-refractivity contribution < 1.29 is 14.3 Å². The molecule has 0 amide bonds. The van der Waals surface area contributed by atoms with Gasteiger partial charge in [-0.15, -0.1) is 0 Å². The van der Waals surface area contributed by atoms with Crippen LogP contribution in [0, 0.1) is 6.92 Å². The monoisotopic (exact) mass is 251 g/mol. The number of esters is 1. The van der Waals surface area contributed by atoms with Gasteiger partial charge in [-0.25, -0.2) is 0 Å². The van der Waals surface area contributed by atoms with E-state index in [0.717, 1.165) is 24.3 Å². The Bertz CT molecular complexity index is 379. The summed E-state index contributed by atoms with van der Waals surface area (Å²) in [6, 6.07) is 7.32. The molecule has 0 radical (unpaired) electrons. The molecule has 1 unspecified atom stereocenters. The van der Waals surface area contributed by atoms with Crippen LogP contribution >= 0.6 is 0 Å². The van der Waals surface area contributed by atoms with Crippen LogP contribution < -0.4 is 10.1 Å². The van der Waals surface area contributed by atoms with Crippen LogP contribution in [-0.2, 0) is 9.53 Å². The minimum absolute atomic E-state index is 0.274. The van der Waals surface area contributed by atoms with Crippen LogP contribution in [-0.4, -0.2) is 32.3 Å². The SMILES string of the molecule is CCCNC(COc1cccc(C)c1)C(=O)OC. The van der Waals surface area contributed by atoms with Crippen molar-refractivity contribution in [3.05, 3.63) is 29.8 Å². The summed E-state index contributed by atoms with van der Waals surface area (Å²) in [5, 5.41) is 3.11. The molecule has 1 rings (SSSR count). The molecule has 0 fully saturated rings. The summed E-state index contributed by atoms with van der Waals surface area (Å²) in [5.74, 6) is 0.471. The predicted molar refractivity (Wildman–Crippen MR) is 70.8 cm³/mol. The Morgan fingerprint density at radius 3 is 2.83 bits per heavy atom. The number of carbonyl (C=O) groups excluding carboxylic acids is 1. The van der Waals surface area contributed by atoms with E-state index in [1.807, 2.05) is 38.1 Å². The van der Waals surface area contributed by atoms with Gasteiger partial charge in [0.25, 0.3) is 0 Å². The minimum atomic E-state index is -0.421. The highest BCUT2D eigenvalue weighted by atomic mass is 16.5. The van der Waals surface area contributed by atoms with Crippen LogP contribution in [0.3, 0.4) is 0 Å². The Kier molecular flexibility index (Phi) is 6.22. The van der Waals surface area contributed by atoms with E-state index in [4.69, 9.17) is 9.47 Å². The normalized spacial score (nSPS) is 11.9. The van der Waals surface area contributed by atoms with E-state index >= 15 is 0 Å². The van der Waals surface area contributed by atoms with Gasteiger partial charge in [0.05, 0.1) is 7.11 Å². The van der Waals surface area contributed by atoms with Gasteiger partial charge >= 0.3 is 5.97 Å². The summed E-state index contributed by atoms with van der Waals surface area (Å²) in [7, 11) is 1.38. The minimum Gasteiger partial charge on any atom is -0.491 e. The second kappa shape index (κ2) is 7.71. The third-order valence-corrected chi connectivity index (χ3v) is 2.53. The van der Waals surface area contributed by atoms with Crippen molar-refractivity contribution >= 4 is 5.97 Å². The van der Waals surface area contributed by atoms with Gasteiger partial charge in [0, 0.05) is 0 Å². The Hall–Kier alpha value is -1.55. The molecule has 1 aromatic rings. The van der Waals surface area contributed by atoms with Crippen LogP contribution in [0.4, 0.5) is 0 Å². The quantitative estimate of drug-likeness (QED) is 0.752. The lowest BCUT2D eigenvalue weighted by Crippen LogP contribution is -2.42.